The molecule has 2 heterocycles. The van der Waals surface area contributed by atoms with E-state index in [9.17, 15) is 8.42 Å². The van der Waals surface area contributed by atoms with Crippen LogP contribution in [0.5, 0.6) is 0 Å². The maximum Gasteiger partial charge on any atom is 0.243 e. The third-order valence-electron chi connectivity index (χ3n) is 2.70. The number of hydrogen-bond acceptors (Lipinski definition) is 6. The van der Waals surface area contributed by atoms with Gasteiger partial charge in [-0.2, -0.15) is 4.31 Å². The van der Waals surface area contributed by atoms with E-state index in [1.54, 1.807) is 0 Å². The maximum atomic E-state index is 12.4. The number of hydrogen-bond donors (Lipinski definition) is 2. The fraction of sp³-hybridized carbons (Fsp3) is 0.500. The molecule has 0 aliphatic carbocycles. The number of sulfonamides is 1. The van der Waals surface area contributed by atoms with Crippen LogP contribution in [0.1, 0.15) is 6.42 Å². The van der Waals surface area contributed by atoms with E-state index < -0.39 is 10.0 Å². The average Bonchev–Trinajstić information content (AvgIpc) is 2.68. The van der Waals surface area contributed by atoms with Gasteiger partial charge in [0, 0.05) is 32.0 Å². The van der Waals surface area contributed by atoms with Gasteiger partial charge in [0.25, 0.3) is 0 Å². The van der Waals surface area contributed by atoms with E-state index in [1.807, 2.05) is 0 Å². The number of rotatable bonds is 3. The molecule has 0 bridgehead atoms. The number of nitrogens with zero attached hydrogens (tertiary/aromatic N) is 2. The summed E-state index contributed by atoms with van der Waals surface area (Å²) in [5.74, 6) is 5.55. The van der Waals surface area contributed by atoms with E-state index in [0.717, 1.165) is 0 Å². The predicted molar refractivity (Wildman–Crippen MR) is 66.2 cm³/mol. The van der Waals surface area contributed by atoms with Crippen LogP contribution in [0.15, 0.2) is 23.2 Å². The van der Waals surface area contributed by atoms with Crippen LogP contribution in [0.2, 0.25) is 0 Å². The molecule has 1 aromatic heterocycles. The zero-order valence-corrected chi connectivity index (χ0v) is 10.7. The van der Waals surface area contributed by atoms with E-state index in [0.29, 0.717) is 38.5 Å². The van der Waals surface area contributed by atoms with E-state index >= 15 is 0 Å². The molecular formula is C10H16N4O3S. The maximum absolute atomic E-state index is 12.4. The Hall–Kier alpha value is -1.22. The van der Waals surface area contributed by atoms with E-state index in [2.05, 4.69) is 10.4 Å². The fourth-order valence-corrected chi connectivity index (χ4v) is 3.24. The lowest BCUT2D eigenvalue weighted by Crippen LogP contribution is -2.33. The molecule has 0 aromatic carbocycles. The minimum absolute atomic E-state index is 0.187. The summed E-state index contributed by atoms with van der Waals surface area (Å²) < 4.78 is 31.4. The molecule has 0 atom stereocenters. The number of anilines is 1. The number of pyridine rings is 1. The summed E-state index contributed by atoms with van der Waals surface area (Å²) in [5, 5.41) is 0. The van der Waals surface area contributed by atoms with E-state index in [-0.39, 0.29) is 4.90 Å². The highest BCUT2D eigenvalue weighted by Gasteiger charge is 2.25. The predicted octanol–water partition coefficient (Wildman–Crippen LogP) is -0.222. The molecule has 1 aliphatic rings. The third kappa shape index (κ3) is 2.78. The number of nitrogen functional groups attached to an aromatic ring is 1. The molecule has 3 N–H and O–H groups in total. The van der Waals surface area contributed by atoms with Crippen LogP contribution in [0, 0.1) is 0 Å². The van der Waals surface area contributed by atoms with Crippen LogP contribution in [-0.4, -0.2) is 44.0 Å². The summed E-state index contributed by atoms with van der Waals surface area (Å²) >= 11 is 0. The average molecular weight is 272 g/mol. The molecular weight excluding hydrogens is 256 g/mol. The molecule has 1 aromatic rings. The lowest BCUT2D eigenvalue weighted by atomic mass is 10.5. The van der Waals surface area contributed by atoms with Crippen LogP contribution >= 0.6 is 0 Å². The molecule has 0 saturated carbocycles. The number of nitrogens with two attached hydrogens (primary N) is 1. The van der Waals surface area contributed by atoms with Crippen LogP contribution in [0.4, 0.5) is 5.82 Å². The topological polar surface area (TPSA) is 97.5 Å². The summed E-state index contributed by atoms with van der Waals surface area (Å²) in [6, 6.07) is 2.88. The summed E-state index contributed by atoms with van der Waals surface area (Å²) in [6.45, 7) is 1.86. The molecule has 1 aliphatic heterocycles. The van der Waals surface area contributed by atoms with Gasteiger partial charge in [-0.15, -0.1) is 0 Å². The third-order valence-corrected chi connectivity index (χ3v) is 4.59. The summed E-state index contributed by atoms with van der Waals surface area (Å²) in [6.07, 6.45) is 2.11. The molecule has 7 nitrogen and oxygen atoms in total. The van der Waals surface area contributed by atoms with Crippen molar-refractivity contribution in [1.82, 2.24) is 9.29 Å². The van der Waals surface area contributed by atoms with Gasteiger partial charge in [0.05, 0.1) is 11.5 Å². The van der Waals surface area contributed by atoms with Crippen LogP contribution in [0.3, 0.4) is 0 Å². The minimum atomic E-state index is -3.50. The largest absolute Gasteiger partial charge is 0.380 e. The Kier molecular flexibility index (Phi) is 4.12. The van der Waals surface area contributed by atoms with Gasteiger partial charge in [-0.3, -0.25) is 0 Å². The standard InChI is InChI=1S/C10H16N4O3S/c11-13-10-8-9(2-3-12-10)18(15,16)14-4-1-6-17-7-5-14/h2-3,8H,1,4-7,11H2,(H,12,13). The Balaban J connectivity index is 2.28. The van der Waals surface area contributed by atoms with Gasteiger partial charge in [-0.05, 0) is 12.5 Å². The zero-order valence-electron chi connectivity index (χ0n) is 9.87. The molecule has 0 radical (unpaired) electrons. The number of hydrazine groups is 1. The second-order valence-corrected chi connectivity index (χ2v) is 5.83. The van der Waals surface area contributed by atoms with Gasteiger partial charge >= 0.3 is 0 Å². The van der Waals surface area contributed by atoms with Crippen molar-refractivity contribution in [2.24, 2.45) is 5.84 Å². The van der Waals surface area contributed by atoms with Crippen molar-refractivity contribution in [3.05, 3.63) is 18.3 Å². The van der Waals surface area contributed by atoms with Gasteiger partial charge < -0.3 is 10.2 Å². The molecule has 8 heteroatoms. The molecule has 0 amide bonds. The highest BCUT2D eigenvalue weighted by molar-refractivity contribution is 7.89. The molecule has 1 saturated heterocycles. The highest BCUT2D eigenvalue weighted by Crippen LogP contribution is 2.18. The summed E-state index contributed by atoms with van der Waals surface area (Å²) in [4.78, 5) is 4.08. The molecule has 18 heavy (non-hydrogen) atoms. The van der Waals surface area contributed by atoms with Crippen molar-refractivity contribution in [1.29, 1.82) is 0 Å². The first-order valence-electron chi connectivity index (χ1n) is 5.65. The van der Waals surface area contributed by atoms with Gasteiger partial charge in [0.1, 0.15) is 5.82 Å². The monoisotopic (exact) mass is 272 g/mol. The molecule has 0 spiro atoms. The number of ether oxygens (including phenoxy) is 1. The van der Waals surface area contributed by atoms with Gasteiger partial charge in [0.2, 0.25) is 10.0 Å². The van der Waals surface area contributed by atoms with E-state index in [4.69, 9.17) is 10.6 Å². The number of nitrogens with one attached hydrogen (secondary N) is 1. The SMILES string of the molecule is NNc1cc(S(=O)(=O)N2CCCOCC2)ccn1. The van der Waals surface area contributed by atoms with Crippen molar-refractivity contribution in [2.45, 2.75) is 11.3 Å². The van der Waals surface area contributed by atoms with Crippen molar-refractivity contribution in [2.75, 3.05) is 31.7 Å². The molecule has 1 fully saturated rings. The Morgan fingerprint density at radius 1 is 1.39 bits per heavy atom. The second kappa shape index (κ2) is 5.61. The first kappa shape index (κ1) is 13.2. The summed E-state index contributed by atoms with van der Waals surface area (Å²) in [5.41, 5.74) is 2.34. The first-order valence-corrected chi connectivity index (χ1v) is 7.09. The van der Waals surface area contributed by atoms with Gasteiger partial charge in [0.15, 0.2) is 0 Å². The highest BCUT2D eigenvalue weighted by atomic mass is 32.2. The molecule has 100 valence electrons. The quantitative estimate of drug-likeness (QED) is 0.583. The van der Waals surface area contributed by atoms with Crippen LogP contribution < -0.4 is 11.3 Å². The van der Waals surface area contributed by atoms with Gasteiger partial charge in [-0.1, -0.05) is 0 Å². The second-order valence-electron chi connectivity index (χ2n) is 3.89. The van der Waals surface area contributed by atoms with Crippen molar-refractivity contribution in [3.8, 4) is 0 Å². The Bertz CT molecular complexity index is 498. The minimum Gasteiger partial charge on any atom is -0.380 e. The van der Waals surface area contributed by atoms with Crippen molar-refractivity contribution in [3.63, 3.8) is 0 Å². The Morgan fingerprint density at radius 2 is 2.22 bits per heavy atom. The van der Waals surface area contributed by atoms with Crippen molar-refractivity contribution < 1.29 is 13.2 Å². The van der Waals surface area contributed by atoms with E-state index in [1.165, 1.54) is 22.6 Å². The molecule has 2 rings (SSSR count). The van der Waals surface area contributed by atoms with Gasteiger partial charge in [-0.25, -0.2) is 19.2 Å². The zero-order chi connectivity index (χ0) is 13.0. The van der Waals surface area contributed by atoms with Crippen LogP contribution in [-0.2, 0) is 14.8 Å². The fourth-order valence-electron chi connectivity index (χ4n) is 1.76. The normalized spacial score (nSPS) is 18.3. The first-order chi connectivity index (χ1) is 8.64. The summed E-state index contributed by atoms with van der Waals surface area (Å²) in [7, 11) is -3.50. The Labute approximate surface area is 106 Å². The van der Waals surface area contributed by atoms with Crippen LogP contribution in [0.25, 0.3) is 0 Å². The Morgan fingerprint density at radius 3 is 3.00 bits per heavy atom. The van der Waals surface area contributed by atoms with Crippen molar-refractivity contribution >= 4 is 15.8 Å². The molecule has 0 unspecified atom stereocenters. The smallest absolute Gasteiger partial charge is 0.243 e. The lowest BCUT2D eigenvalue weighted by molar-refractivity contribution is 0.148. The lowest BCUT2D eigenvalue weighted by Gasteiger charge is -2.19. The number of aromatic nitrogens is 1.